The molecule has 104 valence electrons. The molecule has 0 unspecified atom stereocenters. The number of Topliss-reactive ketones (excluding diaryl/α,β-unsaturated/α-hetero) is 1. The Morgan fingerprint density at radius 3 is 2.57 bits per heavy atom. The van der Waals surface area contributed by atoms with E-state index in [0.29, 0.717) is 11.8 Å². The van der Waals surface area contributed by atoms with Crippen molar-refractivity contribution in [2.24, 2.45) is 5.92 Å². The van der Waals surface area contributed by atoms with Crippen molar-refractivity contribution in [2.75, 3.05) is 0 Å². The first-order chi connectivity index (χ1) is 10.2. The molecule has 0 spiro atoms. The van der Waals surface area contributed by atoms with E-state index in [-0.39, 0.29) is 5.78 Å². The van der Waals surface area contributed by atoms with E-state index in [2.05, 4.69) is 36.1 Å². The quantitative estimate of drug-likeness (QED) is 0.574. The Morgan fingerprint density at radius 1 is 1.14 bits per heavy atom. The molecule has 0 radical (unpaired) electrons. The van der Waals surface area contributed by atoms with Crippen LogP contribution in [0.3, 0.4) is 0 Å². The molecule has 2 aliphatic rings. The van der Waals surface area contributed by atoms with E-state index in [1.165, 1.54) is 36.6 Å². The van der Waals surface area contributed by atoms with Crippen LogP contribution < -0.4 is 0 Å². The second-order valence-corrected chi connectivity index (χ2v) is 6.31. The zero-order valence-electron chi connectivity index (χ0n) is 12.3. The molecule has 0 aromatic heterocycles. The summed E-state index contributed by atoms with van der Waals surface area (Å²) in [5.74, 6) is 7.97. The topological polar surface area (TPSA) is 17.1 Å². The number of carbonyl (C=O) groups excluding carboxylic acids is 1. The monoisotopic (exact) mass is 274 g/mol. The molecule has 2 saturated carbocycles. The lowest BCUT2D eigenvalue weighted by Gasteiger charge is -2.12. The Bertz CT molecular complexity index is 796. The minimum absolute atomic E-state index is 0.155. The molecule has 2 aliphatic carbocycles. The zero-order chi connectivity index (χ0) is 14.4. The fraction of sp³-hybridized carbons (Fsp3) is 0.350. The summed E-state index contributed by atoms with van der Waals surface area (Å²) in [5, 5.41) is 2.34. The molecule has 0 heterocycles. The zero-order valence-corrected chi connectivity index (χ0v) is 12.3. The summed E-state index contributed by atoms with van der Waals surface area (Å²) in [7, 11) is 0. The van der Waals surface area contributed by atoms with Crippen LogP contribution in [0.1, 0.15) is 60.0 Å². The summed E-state index contributed by atoms with van der Waals surface area (Å²) < 4.78 is 0. The smallest absolute Gasteiger partial charge is 0.161 e. The summed E-state index contributed by atoms with van der Waals surface area (Å²) in [5.41, 5.74) is 3.07. The molecule has 2 aromatic rings. The number of fused-ring (bicyclic) bond motifs is 1. The van der Waals surface area contributed by atoms with Crippen LogP contribution in [0, 0.1) is 17.8 Å². The van der Waals surface area contributed by atoms with E-state index in [9.17, 15) is 4.79 Å². The summed E-state index contributed by atoms with van der Waals surface area (Å²) in [4.78, 5) is 12.3. The van der Waals surface area contributed by atoms with Gasteiger partial charge in [-0.1, -0.05) is 42.2 Å². The average molecular weight is 274 g/mol. The SMILES string of the molecule is CC(=O)c1c(C2CC2)cc2ccccc2c1C#CC1CC1. The highest BCUT2D eigenvalue weighted by molar-refractivity contribution is 6.05. The van der Waals surface area contributed by atoms with Gasteiger partial charge in [0.2, 0.25) is 0 Å². The van der Waals surface area contributed by atoms with Crippen LogP contribution in [0.4, 0.5) is 0 Å². The van der Waals surface area contributed by atoms with E-state index in [1.807, 2.05) is 6.07 Å². The first kappa shape index (κ1) is 12.7. The van der Waals surface area contributed by atoms with E-state index in [0.717, 1.165) is 16.5 Å². The largest absolute Gasteiger partial charge is 0.294 e. The number of carbonyl (C=O) groups is 1. The molecule has 1 heteroatoms. The van der Waals surface area contributed by atoms with Gasteiger partial charge in [0.15, 0.2) is 5.78 Å². The van der Waals surface area contributed by atoms with E-state index < -0.39 is 0 Å². The van der Waals surface area contributed by atoms with Gasteiger partial charge in [0.1, 0.15) is 0 Å². The highest BCUT2D eigenvalue weighted by Crippen LogP contribution is 2.44. The standard InChI is InChI=1S/C20H18O/c1-13(21)20-18(11-8-14-6-7-14)17-5-3-2-4-16(17)12-19(20)15-9-10-15/h2-5,12,14-15H,6-7,9-10H2,1H3. The average Bonchev–Trinajstić information content (AvgIpc) is 3.37. The van der Waals surface area contributed by atoms with Crippen LogP contribution in [0.15, 0.2) is 30.3 Å². The van der Waals surface area contributed by atoms with Crippen molar-refractivity contribution in [3.8, 4) is 11.8 Å². The summed E-state index contributed by atoms with van der Waals surface area (Å²) in [6, 6.07) is 10.5. The van der Waals surface area contributed by atoms with Crippen molar-refractivity contribution >= 4 is 16.6 Å². The van der Waals surface area contributed by atoms with Gasteiger partial charge < -0.3 is 0 Å². The third-order valence-corrected chi connectivity index (χ3v) is 4.43. The summed E-state index contributed by atoms with van der Waals surface area (Å²) in [6.45, 7) is 1.68. The molecule has 0 aliphatic heterocycles. The first-order valence-corrected chi connectivity index (χ1v) is 7.82. The summed E-state index contributed by atoms with van der Waals surface area (Å²) >= 11 is 0. The molecular weight excluding hydrogens is 256 g/mol. The van der Waals surface area contributed by atoms with E-state index in [4.69, 9.17) is 0 Å². The van der Waals surface area contributed by atoms with Gasteiger partial charge in [-0.05, 0) is 54.9 Å². The normalized spacial score (nSPS) is 17.4. The van der Waals surface area contributed by atoms with Crippen LogP contribution in [0.25, 0.3) is 10.8 Å². The van der Waals surface area contributed by atoms with Crippen molar-refractivity contribution in [3.05, 3.63) is 47.0 Å². The molecular formula is C20H18O. The molecule has 0 saturated heterocycles. The van der Waals surface area contributed by atoms with Gasteiger partial charge >= 0.3 is 0 Å². The minimum Gasteiger partial charge on any atom is -0.294 e. The maximum atomic E-state index is 12.3. The molecule has 4 rings (SSSR count). The molecule has 0 atom stereocenters. The Hall–Kier alpha value is -2.07. The van der Waals surface area contributed by atoms with Crippen molar-refractivity contribution in [1.82, 2.24) is 0 Å². The van der Waals surface area contributed by atoms with Crippen LogP contribution in [-0.2, 0) is 0 Å². The van der Waals surface area contributed by atoms with E-state index in [1.54, 1.807) is 6.92 Å². The molecule has 0 bridgehead atoms. The molecule has 2 fully saturated rings. The molecule has 0 N–H and O–H groups in total. The van der Waals surface area contributed by atoms with Crippen molar-refractivity contribution < 1.29 is 4.79 Å². The number of ketones is 1. The maximum Gasteiger partial charge on any atom is 0.161 e. The fourth-order valence-electron chi connectivity index (χ4n) is 3.00. The van der Waals surface area contributed by atoms with Crippen LogP contribution in [-0.4, -0.2) is 5.78 Å². The second-order valence-electron chi connectivity index (χ2n) is 6.31. The Balaban J connectivity index is 2.02. The molecule has 21 heavy (non-hydrogen) atoms. The third-order valence-electron chi connectivity index (χ3n) is 4.43. The predicted octanol–water partition coefficient (Wildman–Crippen LogP) is 4.68. The van der Waals surface area contributed by atoms with Gasteiger partial charge in [0.05, 0.1) is 0 Å². The van der Waals surface area contributed by atoms with Gasteiger partial charge in [-0.3, -0.25) is 4.79 Å². The highest BCUT2D eigenvalue weighted by Gasteiger charge is 2.29. The van der Waals surface area contributed by atoms with Crippen molar-refractivity contribution in [3.63, 3.8) is 0 Å². The lowest BCUT2D eigenvalue weighted by atomic mass is 9.90. The van der Waals surface area contributed by atoms with Crippen LogP contribution >= 0.6 is 0 Å². The molecule has 0 amide bonds. The Labute approximate surface area is 125 Å². The van der Waals surface area contributed by atoms with Crippen molar-refractivity contribution in [1.29, 1.82) is 0 Å². The predicted molar refractivity (Wildman–Crippen MR) is 85.5 cm³/mol. The highest BCUT2D eigenvalue weighted by atomic mass is 16.1. The molecule has 1 nitrogen and oxygen atoms in total. The van der Waals surface area contributed by atoms with Gasteiger partial charge in [0, 0.05) is 17.0 Å². The summed E-state index contributed by atoms with van der Waals surface area (Å²) in [6.07, 6.45) is 4.83. The van der Waals surface area contributed by atoms with Gasteiger partial charge in [-0.25, -0.2) is 0 Å². The second kappa shape index (κ2) is 4.74. The Morgan fingerprint density at radius 2 is 1.90 bits per heavy atom. The Kier molecular flexibility index (Phi) is 2.86. The number of benzene rings is 2. The van der Waals surface area contributed by atoms with E-state index >= 15 is 0 Å². The van der Waals surface area contributed by atoms with Gasteiger partial charge in [-0.2, -0.15) is 0 Å². The minimum atomic E-state index is 0.155. The maximum absolute atomic E-state index is 12.3. The van der Waals surface area contributed by atoms with Gasteiger partial charge in [0.25, 0.3) is 0 Å². The lowest BCUT2D eigenvalue weighted by molar-refractivity contribution is 0.101. The number of hydrogen-bond donors (Lipinski definition) is 0. The lowest BCUT2D eigenvalue weighted by Crippen LogP contribution is -2.03. The molecule has 2 aromatic carbocycles. The first-order valence-electron chi connectivity index (χ1n) is 7.82. The van der Waals surface area contributed by atoms with Gasteiger partial charge in [-0.15, -0.1) is 0 Å². The van der Waals surface area contributed by atoms with Crippen LogP contribution in [0.2, 0.25) is 0 Å². The van der Waals surface area contributed by atoms with Crippen molar-refractivity contribution in [2.45, 2.75) is 38.5 Å². The number of rotatable bonds is 2. The third kappa shape index (κ3) is 2.36. The number of hydrogen-bond acceptors (Lipinski definition) is 1. The van der Waals surface area contributed by atoms with Crippen LogP contribution in [0.5, 0.6) is 0 Å². The fourth-order valence-corrected chi connectivity index (χ4v) is 3.00.